The average Bonchev–Trinajstić information content (AvgIpc) is 3.84. The van der Waals surface area contributed by atoms with Crippen molar-refractivity contribution in [1.29, 1.82) is 0 Å². The lowest BCUT2D eigenvalue weighted by Gasteiger charge is -2.45. The summed E-state index contributed by atoms with van der Waals surface area (Å²) in [7, 11) is 0. The number of nitrogens with zero attached hydrogens (tertiary/aromatic N) is 5. The van der Waals surface area contributed by atoms with E-state index in [1.165, 1.54) is 27.8 Å². The second-order valence-electron chi connectivity index (χ2n) is 18.2. The van der Waals surface area contributed by atoms with Crippen molar-refractivity contribution in [3.8, 4) is 28.8 Å². The zero-order valence-corrected chi connectivity index (χ0v) is 35.4. The summed E-state index contributed by atoms with van der Waals surface area (Å²) < 4.78 is 15.8. The number of benzene rings is 7. The number of ether oxygens (including phenoxy) is 2. The SMILES string of the molecule is CC(C)(C)c1ccnc(-n2c3ccccc3c3ccc(Oc4cccc(N5CN(c6cc7c8c(c6)C(C)(C)c6ccccc6N8c6ccccc6O7)c6ccccc65)c4)cc32)c1. The molecule has 3 aliphatic heterocycles. The first-order chi connectivity index (χ1) is 30.1. The summed E-state index contributed by atoms with van der Waals surface area (Å²) in [5.41, 5.74) is 13.4. The van der Waals surface area contributed by atoms with Gasteiger partial charge in [-0.25, -0.2) is 4.98 Å². The Hall–Kier alpha value is -7.51. The molecule has 0 aliphatic carbocycles. The van der Waals surface area contributed by atoms with E-state index in [2.05, 4.69) is 206 Å². The van der Waals surface area contributed by atoms with Crippen LogP contribution in [0.3, 0.4) is 0 Å². The molecule has 12 rings (SSSR count). The molecule has 0 N–H and O–H groups in total. The van der Waals surface area contributed by atoms with Crippen LogP contribution in [0.4, 0.5) is 39.8 Å². The van der Waals surface area contributed by atoms with Crippen molar-refractivity contribution in [2.24, 2.45) is 0 Å². The third-order valence-electron chi connectivity index (χ3n) is 13.0. The summed E-state index contributed by atoms with van der Waals surface area (Å²) in [6.07, 6.45) is 1.92. The third kappa shape index (κ3) is 5.47. The maximum absolute atomic E-state index is 6.80. The summed E-state index contributed by atoms with van der Waals surface area (Å²) in [6, 6.07) is 58.0. The maximum atomic E-state index is 6.80. The first kappa shape index (κ1) is 36.4. The predicted octanol–water partition coefficient (Wildman–Crippen LogP) is 14.7. The molecule has 7 nitrogen and oxygen atoms in total. The quantitative estimate of drug-likeness (QED) is 0.173. The summed E-state index contributed by atoms with van der Waals surface area (Å²) in [5, 5.41) is 2.34. The summed E-state index contributed by atoms with van der Waals surface area (Å²) in [6.45, 7) is 12.0. The molecule has 0 saturated heterocycles. The topological polar surface area (TPSA) is 46.0 Å². The first-order valence-electron chi connectivity index (χ1n) is 21.4. The fraction of sp³-hybridized carbons (Fsp3) is 0.145. The van der Waals surface area contributed by atoms with Crippen LogP contribution in [0.5, 0.6) is 23.0 Å². The van der Waals surface area contributed by atoms with Crippen molar-refractivity contribution in [2.75, 3.05) is 21.4 Å². The van der Waals surface area contributed by atoms with Gasteiger partial charge < -0.3 is 24.2 Å². The van der Waals surface area contributed by atoms with Crippen LogP contribution >= 0.6 is 0 Å². The molecule has 7 heteroatoms. The molecular weight excluding hydrogens is 763 g/mol. The van der Waals surface area contributed by atoms with Gasteiger partial charge in [-0.05, 0) is 101 Å². The number of aromatic nitrogens is 2. The molecule has 2 aromatic heterocycles. The van der Waals surface area contributed by atoms with Gasteiger partial charge in [0.05, 0.1) is 39.5 Å². The number of pyridine rings is 1. The summed E-state index contributed by atoms with van der Waals surface area (Å²) in [5.74, 6) is 4.13. The van der Waals surface area contributed by atoms with Crippen LogP contribution in [0, 0.1) is 0 Å². The lowest BCUT2D eigenvalue weighted by atomic mass is 9.73. The molecule has 9 aromatic rings. The second kappa shape index (κ2) is 13.2. The Morgan fingerprint density at radius 2 is 1.26 bits per heavy atom. The molecule has 0 atom stereocenters. The zero-order valence-electron chi connectivity index (χ0n) is 35.4. The van der Waals surface area contributed by atoms with Crippen LogP contribution < -0.4 is 24.2 Å². The molecule has 302 valence electrons. The van der Waals surface area contributed by atoms with Crippen LogP contribution in [0.1, 0.15) is 51.3 Å². The standard InChI is InChI=1S/C55H45N5O2/c1-54(2,3)35-27-28-56-52(29-35)59-44-19-8-6-17-40(44)41-26-25-39(33-49(41)59)61-38-16-14-15-36(30-38)57-34-58(47-22-11-10-21-46(47)57)37-31-43-53-51(32-37)62-50-24-13-12-23-48(50)60(53)45-20-9-7-18-42(45)55(43,4)5/h6-33H,34H2,1-5H3. The van der Waals surface area contributed by atoms with Gasteiger partial charge in [0.25, 0.3) is 0 Å². The molecule has 7 aromatic carbocycles. The summed E-state index contributed by atoms with van der Waals surface area (Å²) >= 11 is 0. The molecule has 0 bridgehead atoms. The van der Waals surface area contributed by atoms with Crippen LogP contribution in [-0.2, 0) is 10.8 Å². The first-order valence-corrected chi connectivity index (χ1v) is 21.4. The minimum absolute atomic E-state index is 0.00771. The molecule has 0 spiro atoms. The molecule has 0 saturated carbocycles. The number of para-hydroxylation sites is 6. The van der Waals surface area contributed by atoms with Crippen molar-refractivity contribution in [3.05, 3.63) is 187 Å². The normalized spacial score (nSPS) is 14.6. The van der Waals surface area contributed by atoms with Crippen molar-refractivity contribution < 1.29 is 9.47 Å². The van der Waals surface area contributed by atoms with Gasteiger partial charge in [-0.1, -0.05) is 101 Å². The van der Waals surface area contributed by atoms with Crippen LogP contribution in [0.25, 0.3) is 27.6 Å². The average molecular weight is 808 g/mol. The highest BCUT2D eigenvalue weighted by molar-refractivity contribution is 6.09. The van der Waals surface area contributed by atoms with Crippen LogP contribution in [0.15, 0.2) is 170 Å². The van der Waals surface area contributed by atoms with E-state index in [4.69, 9.17) is 14.5 Å². The highest BCUT2D eigenvalue weighted by Gasteiger charge is 2.42. The van der Waals surface area contributed by atoms with Crippen LogP contribution in [0.2, 0.25) is 0 Å². The van der Waals surface area contributed by atoms with E-state index in [1.807, 2.05) is 18.3 Å². The fourth-order valence-electron chi connectivity index (χ4n) is 9.87. The highest BCUT2D eigenvalue weighted by atomic mass is 16.5. The smallest absolute Gasteiger partial charge is 0.153 e. The van der Waals surface area contributed by atoms with E-state index in [9.17, 15) is 0 Å². The van der Waals surface area contributed by atoms with E-state index in [-0.39, 0.29) is 10.8 Å². The molecule has 3 aliphatic rings. The molecule has 62 heavy (non-hydrogen) atoms. The largest absolute Gasteiger partial charge is 0.457 e. The number of anilines is 7. The van der Waals surface area contributed by atoms with Crippen molar-refractivity contribution in [1.82, 2.24) is 9.55 Å². The monoisotopic (exact) mass is 807 g/mol. The number of fused-ring (bicyclic) bond motifs is 8. The van der Waals surface area contributed by atoms with Gasteiger partial charge in [0.2, 0.25) is 0 Å². The van der Waals surface area contributed by atoms with Gasteiger partial charge in [-0.3, -0.25) is 4.57 Å². The van der Waals surface area contributed by atoms with E-state index < -0.39 is 0 Å². The number of rotatable bonds is 5. The molecule has 0 radical (unpaired) electrons. The maximum Gasteiger partial charge on any atom is 0.153 e. The molecule has 0 fully saturated rings. The van der Waals surface area contributed by atoms with E-state index in [0.717, 1.165) is 79.4 Å². The van der Waals surface area contributed by atoms with Gasteiger partial charge in [0.1, 0.15) is 24.0 Å². The lowest BCUT2D eigenvalue weighted by molar-refractivity contribution is 0.471. The Morgan fingerprint density at radius 3 is 2.08 bits per heavy atom. The Morgan fingerprint density at radius 1 is 0.565 bits per heavy atom. The molecule has 0 amide bonds. The Kier molecular flexibility index (Phi) is 7.76. The van der Waals surface area contributed by atoms with E-state index in [1.54, 1.807) is 0 Å². The van der Waals surface area contributed by atoms with Gasteiger partial charge in [-0.2, -0.15) is 0 Å². The minimum atomic E-state index is -0.266. The Labute approximate surface area is 361 Å². The van der Waals surface area contributed by atoms with Gasteiger partial charge in [0, 0.05) is 52.0 Å². The van der Waals surface area contributed by atoms with Crippen molar-refractivity contribution in [2.45, 2.75) is 45.4 Å². The van der Waals surface area contributed by atoms with E-state index in [0.29, 0.717) is 6.67 Å². The second-order valence-corrected chi connectivity index (χ2v) is 18.2. The van der Waals surface area contributed by atoms with Crippen molar-refractivity contribution in [3.63, 3.8) is 0 Å². The lowest BCUT2D eigenvalue weighted by Crippen LogP contribution is -2.33. The van der Waals surface area contributed by atoms with Gasteiger partial charge in [-0.15, -0.1) is 0 Å². The summed E-state index contributed by atoms with van der Waals surface area (Å²) in [4.78, 5) is 12.0. The number of hydrogen-bond donors (Lipinski definition) is 0. The van der Waals surface area contributed by atoms with Gasteiger partial charge >= 0.3 is 0 Å². The van der Waals surface area contributed by atoms with Gasteiger partial charge in [0.15, 0.2) is 11.5 Å². The third-order valence-corrected chi connectivity index (χ3v) is 13.0. The molecule has 0 unspecified atom stereocenters. The molecule has 5 heterocycles. The minimum Gasteiger partial charge on any atom is -0.457 e. The zero-order chi connectivity index (χ0) is 41.9. The van der Waals surface area contributed by atoms with Crippen LogP contribution in [-0.4, -0.2) is 16.2 Å². The number of hydrogen-bond acceptors (Lipinski definition) is 6. The van der Waals surface area contributed by atoms with Crippen molar-refractivity contribution >= 4 is 61.6 Å². The Bertz CT molecular complexity index is 3290. The predicted molar refractivity (Wildman–Crippen MR) is 253 cm³/mol. The Balaban J connectivity index is 0.909. The molecular formula is C55H45N5O2. The van der Waals surface area contributed by atoms with E-state index >= 15 is 0 Å². The highest BCUT2D eigenvalue weighted by Crippen LogP contribution is 2.61. The fourth-order valence-corrected chi connectivity index (χ4v) is 9.87.